The fraction of sp³-hybridized carbons (Fsp3) is 0.423. The van der Waals surface area contributed by atoms with Crippen LogP contribution in [0.4, 0.5) is 4.79 Å². The molecule has 0 saturated carbocycles. The van der Waals surface area contributed by atoms with Crippen LogP contribution in [0.25, 0.3) is 10.9 Å². The van der Waals surface area contributed by atoms with Crippen LogP contribution in [0.3, 0.4) is 0 Å². The molecule has 0 spiro atoms. The van der Waals surface area contributed by atoms with E-state index in [2.05, 4.69) is 22.1 Å². The number of carbonyl (C=O) groups is 1. The van der Waals surface area contributed by atoms with E-state index in [9.17, 15) is 4.79 Å². The number of hydrogen-bond acceptors (Lipinski definition) is 5. The van der Waals surface area contributed by atoms with Gasteiger partial charge in [0.25, 0.3) is 0 Å². The molecule has 6 heteroatoms. The van der Waals surface area contributed by atoms with Crippen LogP contribution in [0, 0.1) is 6.92 Å². The van der Waals surface area contributed by atoms with Crippen molar-refractivity contribution >= 4 is 17.0 Å². The maximum atomic E-state index is 12.9. The Balaban J connectivity index is 1.54. The molecule has 1 amide bonds. The molecule has 1 atom stereocenters. The first kappa shape index (κ1) is 22.1. The fourth-order valence-electron chi connectivity index (χ4n) is 4.06. The number of nitrogens with zero attached hydrogens (tertiary/aromatic N) is 3. The predicted octanol–water partition coefficient (Wildman–Crippen LogP) is 5.98. The van der Waals surface area contributed by atoms with Crippen molar-refractivity contribution in [1.29, 1.82) is 0 Å². The molecule has 1 fully saturated rings. The lowest BCUT2D eigenvalue weighted by atomic mass is 9.98. The van der Waals surface area contributed by atoms with Crippen LogP contribution in [0.1, 0.15) is 63.0 Å². The van der Waals surface area contributed by atoms with E-state index in [1.54, 1.807) is 11.1 Å². The first-order valence-corrected chi connectivity index (χ1v) is 11.2. The van der Waals surface area contributed by atoms with Crippen molar-refractivity contribution in [3.8, 4) is 5.75 Å². The summed E-state index contributed by atoms with van der Waals surface area (Å²) in [7, 11) is 0. The molecule has 2 aromatic heterocycles. The Morgan fingerprint density at radius 1 is 1.16 bits per heavy atom. The van der Waals surface area contributed by atoms with Crippen molar-refractivity contribution in [3.63, 3.8) is 0 Å². The van der Waals surface area contributed by atoms with Crippen LogP contribution in [0.15, 0.2) is 48.7 Å². The van der Waals surface area contributed by atoms with E-state index in [1.807, 2.05) is 58.0 Å². The summed E-state index contributed by atoms with van der Waals surface area (Å²) < 4.78 is 11.9. The highest BCUT2D eigenvalue weighted by Gasteiger charge is 2.33. The third kappa shape index (κ3) is 5.18. The Hall–Kier alpha value is -3.15. The molecular formula is C26H31N3O3. The van der Waals surface area contributed by atoms with Crippen LogP contribution in [0.5, 0.6) is 5.75 Å². The lowest BCUT2D eigenvalue weighted by Crippen LogP contribution is -2.42. The number of amides is 1. The summed E-state index contributed by atoms with van der Waals surface area (Å²) in [5.41, 5.74) is 3.29. The Labute approximate surface area is 189 Å². The minimum Gasteiger partial charge on any atom is -0.487 e. The predicted molar refractivity (Wildman–Crippen MR) is 125 cm³/mol. The normalized spacial score (nSPS) is 16.8. The topological polar surface area (TPSA) is 64.5 Å². The number of pyridine rings is 2. The number of ether oxygens (including phenoxy) is 2. The van der Waals surface area contributed by atoms with Crippen molar-refractivity contribution in [2.45, 2.75) is 65.2 Å². The fourth-order valence-corrected chi connectivity index (χ4v) is 4.06. The van der Waals surface area contributed by atoms with Gasteiger partial charge in [0.1, 0.15) is 23.7 Å². The van der Waals surface area contributed by atoms with E-state index in [4.69, 9.17) is 9.47 Å². The van der Waals surface area contributed by atoms with Crippen molar-refractivity contribution in [2.75, 3.05) is 6.54 Å². The van der Waals surface area contributed by atoms with E-state index in [1.165, 1.54) is 0 Å². The summed E-state index contributed by atoms with van der Waals surface area (Å²) >= 11 is 0. The summed E-state index contributed by atoms with van der Waals surface area (Å²) in [6.45, 7) is 8.74. The largest absolute Gasteiger partial charge is 0.487 e. The van der Waals surface area contributed by atoms with Gasteiger partial charge in [-0.1, -0.05) is 12.1 Å². The van der Waals surface area contributed by atoms with Crippen LogP contribution >= 0.6 is 0 Å². The maximum absolute atomic E-state index is 12.9. The van der Waals surface area contributed by atoms with Crippen molar-refractivity contribution in [1.82, 2.24) is 14.9 Å². The number of likely N-dealkylation sites (tertiary alicyclic amines) is 1. The van der Waals surface area contributed by atoms with Crippen LogP contribution in [-0.4, -0.2) is 33.1 Å². The molecule has 3 aromatic rings. The summed E-state index contributed by atoms with van der Waals surface area (Å²) in [6, 6.07) is 13.9. The molecule has 0 N–H and O–H groups in total. The summed E-state index contributed by atoms with van der Waals surface area (Å²) in [4.78, 5) is 23.8. The molecule has 1 saturated heterocycles. The van der Waals surface area contributed by atoms with Gasteiger partial charge < -0.3 is 9.47 Å². The molecule has 32 heavy (non-hydrogen) atoms. The lowest BCUT2D eigenvalue weighted by molar-refractivity contribution is 0.00865. The minimum absolute atomic E-state index is 0.154. The molecule has 0 radical (unpaired) electrons. The lowest BCUT2D eigenvalue weighted by Gasteiger charge is -2.36. The number of hydrogen-bond donors (Lipinski definition) is 0. The minimum atomic E-state index is -0.536. The number of carbonyl (C=O) groups excluding carboxylic acids is 1. The number of fused-ring (bicyclic) bond motifs is 1. The van der Waals surface area contributed by atoms with Crippen molar-refractivity contribution in [3.05, 3.63) is 65.6 Å². The smallest absolute Gasteiger partial charge is 0.410 e. The van der Waals surface area contributed by atoms with E-state index in [-0.39, 0.29) is 12.1 Å². The summed E-state index contributed by atoms with van der Waals surface area (Å²) in [5.74, 6) is 0.704. The Kier molecular flexibility index (Phi) is 6.31. The number of aromatic nitrogens is 2. The zero-order valence-electron chi connectivity index (χ0n) is 19.3. The van der Waals surface area contributed by atoms with Gasteiger partial charge in [0.15, 0.2) is 0 Å². The molecule has 4 rings (SSSR count). The number of piperidine rings is 1. The molecule has 168 valence electrons. The third-order valence-corrected chi connectivity index (χ3v) is 5.53. The van der Waals surface area contributed by atoms with Gasteiger partial charge in [0.05, 0.1) is 11.6 Å². The molecule has 0 aliphatic carbocycles. The van der Waals surface area contributed by atoms with E-state index >= 15 is 0 Å². The Bertz CT molecular complexity index is 1110. The number of rotatable bonds is 4. The maximum Gasteiger partial charge on any atom is 0.410 e. The zero-order chi connectivity index (χ0) is 22.7. The molecule has 1 aliphatic rings. The molecule has 1 aromatic carbocycles. The van der Waals surface area contributed by atoms with Crippen molar-refractivity contribution in [2.24, 2.45) is 0 Å². The second-order valence-electron chi connectivity index (χ2n) is 9.34. The number of aryl methyl sites for hydroxylation is 1. The van der Waals surface area contributed by atoms with Crippen LogP contribution < -0.4 is 4.74 Å². The van der Waals surface area contributed by atoms with Gasteiger partial charge in [-0.05, 0) is 82.9 Å². The molecular weight excluding hydrogens is 402 g/mol. The second-order valence-corrected chi connectivity index (χ2v) is 9.34. The van der Waals surface area contributed by atoms with E-state index in [0.29, 0.717) is 18.9 Å². The highest BCUT2D eigenvalue weighted by molar-refractivity contribution is 5.79. The Morgan fingerprint density at radius 2 is 2.00 bits per heavy atom. The average Bonchev–Trinajstić information content (AvgIpc) is 2.76. The van der Waals surface area contributed by atoms with Gasteiger partial charge in [-0.2, -0.15) is 0 Å². The highest BCUT2D eigenvalue weighted by Crippen LogP contribution is 2.36. The van der Waals surface area contributed by atoms with Crippen LogP contribution in [-0.2, 0) is 11.3 Å². The zero-order valence-corrected chi connectivity index (χ0v) is 19.3. The summed E-state index contributed by atoms with van der Waals surface area (Å²) in [5, 5.41) is 1.09. The van der Waals surface area contributed by atoms with Gasteiger partial charge in [-0.3, -0.25) is 14.9 Å². The first-order chi connectivity index (χ1) is 15.3. The van der Waals surface area contributed by atoms with Gasteiger partial charge in [-0.15, -0.1) is 0 Å². The van der Waals surface area contributed by atoms with Crippen LogP contribution in [0.2, 0.25) is 0 Å². The summed E-state index contributed by atoms with van der Waals surface area (Å²) in [6.07, 6.45) is 4.30. The molecule has 6 nitrogen and oxygen atoms in total. The first-order valence-electron chi connectivity index (χ1n) is 11.2. The second kappa shape index (κ2) is 9.15. The van der Waals surface area contributed by atoms with Crippen molar-refractivity contribution < 1.29 is 14.3 Å². The van der Waals surface area contributed by atoms with E-state index < -0.39 is 5.60 Å². The third-order valence-electron chi connectivity index (χ3n) is 5.53. The SMILES string of the molecule is Cc1ccc2cc(COc3cccnc3C3CCCCN3C(=O)OC(C)(C)C)ccc2n1. The average molecular weight is 434 g/mol. The van der Waals surface area contributed by atoms with Gasteiger partial charge in [0, 0.05) is 23.8 Å². The van der Waals surface area contributed by atoms with Gasteiger partial charge in [-0.25, -0.2) is 4.79 Å². The monoisotopic (exact) mass is 433 g/mol. The molecule has 0 bridgehead atoms. The van der Waals surface area contributed by atoms with Gasteiger partial charge in [0.2, 0.25) is 0 Å². The number of benzene rings is 1. The van der Waals surface area contributed by atoms with Gasteiger partial charge >= 0.3 is 6.09 Å². The quantitative estimate of drug-likeness (QED) is 0.506. The molecule has 1 aliphatic heterocycles. The van der Waals surface area contributed by atoms with E-state index in [0.717, 1.165) is 47.1 Å². The Morgan fingerprint density at radius 3 is 2.81 bits per heavy atom. The standard InChI is InChI=1S/C26H31N3O3/c1-18-10-12-20-16-19(11-13-21(20)28-18)17-31-23-9-7-14-27-24(23)22-8-5-6-15-29(22)25(30)32-26(2,3)4/h7,9-14,16,22H,5-6,8,15,17H2,1-4H3. The molecule has 1 unspecified atom stereocenters. The highest BCUT2D eigenvalue weighted by atomic mass is 16.6. The molecule has 3 heterocycles.